The Hall–Kier alpha value is -3.33. The number of carbonyl (C=O) groups excluding carboxylic acids is 1. The lowest BCUT2D eigenvalue weighted by Crippen LogP contribution is -2.37. The average molecular weight is 466 g/mol. The van der Waals surface area contributed by atoms with E-state index in [4.69, 9.17) is 0 Å². The van der Waals surface area contributed by atoms with Gasteiger partial charge in [-0.25, -0.2) is 13.9 Å². The van der Waals surface area contributed by atoms with Gasteiger partial charge in [-0.3, -0.25) is 0 Å². The van der Waals surface area contributed by atoms with Crippen LogP contribution in [-0.2, 0) is 13.5 Å². The maximum absolute atomic E-state index is 13.1. The predicted molar refractivity (Wildman–Crippen MR) is 130 cm³/mol. The third kappa shape index (κ3) is 6.84. The number of likely N-dealkylation sites (tertiary alicyclic amines) is 1. The van der Waals surface area contributed by atoms with Crippen molar-refractivity contribution in [2.45, 2.75) is 32.1 Å². The van der Waals surface area contributed by atoms with Crippen LogP contribution in [0.5, 0.6) is 0 Å². The van der Waals surface area contributed by atoms with Gasteiger partial charge in [0.1, 0.15) is 5.82 Å². The minimum Gasteiger partial charge on any atom is -0.338 e. The molecular formula is C25H32FN7O. The zero-order chi connectivity index (χ0) is 23.8. The number of carbonyl (C=O) groups is 1. The first-order valence-electron chi connectivity index (χ1n) is 11.9. The molecule has 2 amide bonds. The van der Waals surface area contributed by atoms with Crippen LogP contribution in [-0.4, -0.2) is 57.3 Å². The third-order valence-corrected chi connectivity index (χ3v) is 6.23. The molecule has 1 aromatic heterocycles. The molecule has 1 saturated heterocycles. The molecule has 180 valence electrons. The van der Waals surface area contributed by atoms with Crippen molar-refractivity contribution in [3.63, 3.8) is 0 Å². The number of aryl methyl sites for hydroxylation is 1. The van der Waals surface area contributed by atoms with Crippen LogP contribution in [0.3, 0.4) is 0 Å². The normalized spacial score (nSPS) is 16.4. The second-order valence-electron chi connectivity index (χ2n) is 8.93. The van der Waals surface area contributed by atoms with E-state index in [1.54, 1.807) is 23.9 Å². The molecule has 1 fully saturated rings. The molecule has 1 aliphatic rings. The number of urea groups is 1. The highest BCUT2D eigenvalue weighted by Crippen LogP contribution is 2.22. The molecule has 0 bridgehead atoms. The molecular weight excluding hydrogens is 433 g/mol. The van der Waals surface area contributed by atoms with E-state index in [1.165, 1.54) is 18.4 Å². The summed E-state index contributed by atoms with van der Waals surface area (Å²) in [5.74, 6) is 1.09. The molecule has 2 aromatic carbocycles. The molecule has 0 radical (unpaired) electrons. The average Bonchev–Trinajstić information content (AvgIpc) is 3.27. The molecule has 0 saturated carbocycles. The summed E-state index contributed by atoms with van der Waals surface area (Å²) < 4.78 is 14.7. The Morgan fingerprint density at radius 3 is 2.82 bits per heavy atom. The first kappa shape index (κ1) is 23.8. The van der Waals surface area contributed by atoms with Gasteiger partial charge in [-0.1, -0.05) is 24.3 Å². The predicted octanol–water partition coefficient (Wildman–Crippen LogP) is 3.87. The SMILES string of the molecule is Cn1nnnc1-c1cccc(NC(=O)NCCCCN2CCCC(Cc3ccc(F)cc3)C2)c1. The Bertz CT molecular complexity index is 1070. The molecule has 1 aliphatic heterocycles. The number of nitrogens with one attached hydrogen (secondary N) is 2. The van der Waals surface area contributed by atoms with E-state index in [2.05, 4.69) is 31.1 Å². The molecule has 4 rings (SSSR count). The fraction of sp³-hybridized carbons (Fsp3) is 0.440. The van der Waals surface area contributed by atoms with Gasteiger partial charge in [0, 0.05) is 31.4 Å². The zero-order valence-corrected chi connectivity index (χ0v) is 19.6. The van der Waals surface area contributed by atoms with E-state index in [0.29, 0.717) is 24.0 Å². The Labute approximate surface area is 199 Å². The van der Waals surface area contributed by atoms with E-state index in [0.717, 1.165) is 44.5 Å². The van der Waals surface area contributed by atoms with Gasteiger partial charge in [0.05, 0.1) is 0 Å². The van der Waals surface area contributed by atoms with Crippen LogP contribution in [0.1, 0.15) is 31.2 Å². The number of benzene rings is 2. The van der Waals surface area contributed by atoms with Gasteiger partial charge in [0.25, 0.3) is 0 Å². The Morgan fingerprint density at radius 2 is 2.03 bits per heavy atom. The van der Waals surface area contributed by atoms with Crippen LogP contribution in [0.15, 0.2) is 48.5 Å². The molecule has 1 atom stereocenters. The summed E-state index contributed by atoms with van der Waals surface area (Å²) in [6, 6.07) is 14.1. The molecule has 34 heavy (non-hydrogen) atoms. The summed E-state index contributed by atoms with van der Waals surface area (Å²) >= 11 is 0. The van der Waals surface area contributed by atoms with Gasteiger partial charge in [-0.2, -0.15) is 0 Å². The van der Waals surface area contributed by atoms with E-state index in [1.807, 2.05) is 36.4 Å². The molecule has 8 nitrogen and oxygen atoms in total. The topological polar surface area (TPSA) is 88.0 Å². The molecule has 2 heterocycles. The first-order valence-corrected chi connectivity index (χ1v) is 11.9. The number of rotatable bonds is 9. The highest BCUT2D eigenvalue weighted by molar-refractivity contribution is 5.89. The third-order valence-electron chi connectivity index (χ3n) is 6.23. The second kappa shape index (κ2) is 11.7. The zero-order valence-electron chi connectivity index (χ0n) is 19.6. The van der Waals surface area contributed by atoms with Gasteiger partial charge in [-0.05, 0) is 91.4 Å². The number of amides is 2. The van der Waals surface area contributed by atoms with Crippen LogP contribution < -0.4 is 10.6 Å². The van der Waals surface area contributed by atoms with Gasteiger partial charge >= 0.3 is 6.03 Å². The van der Waals surface area contributed by atoms with E-state index >= 15 is 0 Å². The summed E-state index contributed by atoms with van der Waals surface area (Å²) in [7, 11) is 1.78. The minimum absolute atomic E-state index is 0.177. The van der Waals surface area contributed by atoms with Gasteiger partial charge in [0.2, 0.25) is 0 Å². The number of nitrogens with zero attached hydrogens (tertiary/aromatic N) is 5. The summed E-state index contributed by atoms with van der Waals surface area (Å²) in [6.45, 7) is 3.89. The number of hydrogen-bond donors (Lipinski definition) is 2. The van der Waals surface area contributed by atoms with Crippen LogP contribution in [0.25, 0.3) is 11.4 Å². The lowest BCUT2D eigenvalue weighted by Gasteiger charge is -2.32. The van der Waals surface area contributed by atoms with Crippen molar-refractivity contribution in [1.82, 2.24) is 30.4 Å². The summed E-state index contributed by atoms with van der Waals surface area (Å²) in [5.41, 5.74) is 2.74. The smallest absolute Gasteiger partial charge is 0.319 e. The van der Waals surface area contributed by atoms with Crippen molar-refractivity contribution in [1.29, 1.82) is 0 Å². The number of halogens is 1. The molecule has 0 spiro atoms. The van der Waals surface area contributed by atoms with E-state index < -0.39 is 0 Å². The number of piperidine rings is 1. The standard InChI is InChI=1S/C25H32FN7O/c1-32-24(29-30-31-32)21-7-4-8-23(17-21)28-25(34)27-13-2-3-14-33-15-5-6-20(18-33)16-19-9-11-22(26)12-10-19/h4,7-12,17,20H,2-3,5-6,13-16,18H2,1H3,(H2,27,28,34). The van der Waals surface area contributed by atoms with Crippen LogP contribution in [0, 0.1) is 11.7 Å². The van der Waals surface area contributed by atoms with E-state index in [-0.39, 0.29) is 11.8 Å². The van der Waals surface area contributed by atoms with Crippen LogP contribution >= 0.6 is 0 Å². The molecule has 3 aromatic rings. The number of hydrogen-bond acceptors (Lipinski definition) is 5. The second-order valence-corrected chi connectivity index (χ2v) is 8.93. The number of unbranched alkanes of at least 4 members (excludes halogenated alkanes) is 1. The van der Waals surface area contributed by atoms with Crippen molar-refractivity contribution in [2.75, 3.05) is 31.5 Å². The Morgan fingerprint density at radius 1 is 1.18 bits per heavy atom. The van der Waals surface area contributed by atoms with Crippen molar-refractivity contribution in [2.24, 2.45) is 13.0 Å². The summed E-state index contributed by atoms with van der Waals surface area (Å²) in [6.07, 6.45) is 5.40. The van der Waals surface area contributed by atoms with Gasteiger partial charge in [-0.15, -0.1) is 5.10 Å². The first-order chi connectivity index (χ1) is 16.6. The van der Waals surface area contributed by atoms with Crippen molar-refractivity contribution in [3.8, 4) is 11.4 Å². The highest BCUT2D eigenvalue weighted by atomic mass is 19.1. The van der Waals surface area contributed by atoms with Crippen LogP contribution in [0.4, 0.5) is 14.9 Å². The van der Waals surface area contributed by atoms with E-state index in [9.17, 15) is 9.18 Å². The molecule has 9 heteroatoms. The van der Waals surface area contributed by atoms with Crippen molar-refractivity contribution in [3.05, 3.63) is 59.9 Å². The summed E-state index contributed by atoms with van der Waals surface area (Å²) in [5, 5.41) is 17.3. The quantitative estimate of drug-likeness (QED) is 0.469. The Kier molecular flexibility index (Phi) is 8.19. The monoisotopic (exact) mass is 465 g/mol. The summed E-state index contributed by atoms with van der Waals surface area (Å²) in [4.78, 5) is 14.8. The largest absolute Gasteiger partial charge is 0.338 e. The van der Waals surface area contributed by atoms with Crippen LogP contribution in [0.2, 0.25) is 0 Å². The van der Waals surface area contributed by atoms with Gasteiger partial charge < -0.3 is 15.5 Å². The minimum atomic E-state index is -0.217. The maximum atomic E-state index is 13.1. The highest BCUT2D eigenvalue weighted by Gasteiger charge is 2.19. The van der Waals surface area contributed by atoms with Crippen molar-refractivity contribution < 1.29 is 9.18 Å². The number of tetrazole rings is 1. The van der Waals surface area contributed by atoms with Crippen molar-refractivity contribution >= 4 is 11.7 Å². The fourth-order valence-corrected chi connectivity index (χ4v) is 4.52. The lowest BCUT2D eigenvalue weighted by molar-refractivity contribution is 0.171. The fourth-order valence-electron chi connectivity index (χ4n) is 4.52. The maximum Gasteiger partial charge on any atom is 0.319 e. The molecule has 0 aliphatic carbocycles. The lowest BCUT2D eigenvalue weighted by atomic mass is 9.91. The molecule has 1 unspecified atom stereocenters. The van der Waals surface area contributed by atoms with Gasteiger partial charge in [0.15, 0.2) is 5.82 Å². The number of aromatic nitrogens is 4. The Balaban J connectivity index is 1.13. The number of anilines is 1. The molecule has 2 N–H and O–H groups in total.